The lowest BCUT2D eigenvalue weighted by atomic mass is 9.72. The molecule has 1 heterocycles. The van der Waals surface area contributed by atoms with Crippen LogP contribution in [0.2, 0.25) is 0 Å². The van der Waals surface area contributed by atoms with E-state index in [2.05, 4.69) is 4.98 Å². The molecule has 5 nitrogen and oxygen atoms in total. The Balaban J connectivity index is 2.42. The van der Waals surface area contributed by atoms with E-state index in [9.17, 15) is 14.7 Å². The first-order chi connectivity index (χ1) is 8.65. The Morgan fingerprint density at radius 3 is 3.06 bits per heavy atom. The Labute approximate surface area is 105 Å². The Kier molecular flexibility index (Phi) is 3.43. The predicted molar refractivity (Wildman–Crippen MR) is 63.0 cm³/mol. The van der Waals surface area contributed by atoms with Crippen molar-refractivity contribution in [1.82, 2.24) is 4.98 Å². The molecule has 0 radical (unpaired) electrons. The van der Waals surface area contributed by atoms with Gasteiger partial charge < -0.3 is 9.84 Å². The molecule has 0 fully saturated rings. The molecule has 0 aliphatic heterocycles. The van der Waals surface area contributed by atoms with Gasteiger partial charge in [0.2, 0.25) is 5.78 Å². The number of rotatable bonds is 3. The van der Waals surface area contributed by atoms with Crippen LogP contribution in [0.1, 0.15) is 29.4 Å². The minimum atomic E-state index is -1.47. The third-order valence-electron chi connectivity index (χ3n) is 3.30. The summed E-state index contributed by atoms with van der Waals surface area (Å²) in [5, 5.41) is 9.49. The van der Waals surface area contributed by atoms with Crippen molar-refractivity contribution in [3.63, 3.8) is 0 Å². The van der Waals surface area contributed by atoms with E-state index in [1.54, 1.807) is 13.0 Å². The van der Waals surface area contributed by atoms with Crippen LogP contribution >= 0.6 is 0 Å². The van der Waals surface area contributed by atoms with Crippen LogP contribution in [-0.2, 0) is 16.0 Å². The second-order valence-electron chi connectivity index (χ2n) is 4.30. The lowest BCUT2D eigenvalue weighted by molar-refractivity contribution is -0.155. The normalized spacial score (nSPS) is 22.4. The summed E-state index contributed by atoms with van der Waals surface area (Å²) in [5.74, 6) is -1.10. The van der Waals surface area contributed by atoms with Crippen LogP contribution in [0, 0.1) is 5.41 Å². The molecule has 5 heteroatoms. The Bertz CT molecular complexity index is 486. The van der Waals surface area contributed by atoms with Crippen molar-refractivity contribution in [2.24, 2.45) is 5.41 Å². The standard InChI is InChI=1S/C13H15NO4/c1-2-18-12(17)13(8-15)6-5-9-4-3-7-14-10(9)11(13)16/h3-4,7,15H,2,5-6,8H2,1H3. The summed E-state index contributed by atoms with van der Waals surface area (Å²) in [6.45, 7) is 1.31. The number of aliphatic hydroxyl groups excluding tert-OH is 1. The minimum absolute atomic E-state index is 0.183. The molecule has 1 aliphatic carbocycles. The number of aromatic nitrogens is 1. The largest absolute Gasteiger partial charge is 0.465 e. The number of carbonyl (C=O) groups excluding carboxylic acids is 2. The summed E-state index contributed by atoms with van der Waals surface area (Å²) >= 11 is 0. The lowest BCUT2D eigenvalue weighted by Crippen LogP contribution is -2.47. The first-order valence-corrected chi connectivity index (χ1v) is 5.92. The van der Waals surface area contributed by atoms with E-state index in [0.29, 0.717) is 6.42 Å². The number of hydrogen-bond acceptors (Lipinski definition) is 5. The maximum absolute atomic E-state index is 12.4. The number of pyridine rings is 1. The smallest absolute Gasteiger partial charge is 0.322 e. The predicted octanol–water partition coefficient (Wildman–Crippen LogP) is 0.752. The van der Waals surface area contributed by atoms with Gasteiger partial charge in [-0.05, 0) is 31.4 Å². The van der Waals surface area contributed by atoms with Gasteiger partial charge in [0.25, 0.3) is 0 Å². The molecule has 1 atom stereocenters. The highest BCUT2D eigenvalue weighted by molar-refractivity contribution is 6.13. The number of carbonyl (C=O) groups is 2. The number of hydrogen-bond donors (Lipinski definition) is 1. The van der Waals surface area contributed by atoms with E-state index in [1.807, 2.05) is 6.07 Å². The number of nitrogens with zero attached hydrogens (tertiary/aromatic N) is 1. The summed E-state index contributed by atoms with van der Waals surface area (Å²) in [6, 6.07) is 3.56. The number of Topliss-reactive ketones (excluding diaryl/α,β-unsaturated/α-hetero) is 1. The summed E-state index contributed by atoms with van der Waals surface area (Å²) in [4.78, 5) is 28.3. The van der Waals surface area contributed by atoms with Crippen LogP contribution < -0.4 is 0 Å². The number of fused-ring (bicyclic) bond motifs is 1. The monoisotopic (exact) mass is 249 g/mol. The van der Waals surface area contributed by atoms with Gasteiger partial charge in [-0.3, -0.25) is 14.6 Å². The molecule has 1 aromatic heterocycles. The topological polar surface area (TPSA) is 76.5 Å². The lowest BCUT2D eigenvalue weighted by Gasteiger charge is -2.31. The second kappa shape index (κ2) is 4.86. The molecule has 0 aromatic carbocycles. The van der Waals surface area contributed by atoms with E-state index in [-0.39, 0.29) is 18.7 Å². The van der Waals surface area contributed by atoms with Gasteiger partial charge >= 0.3 is 5.97 Å². The average Bonchev–Trinajstić information content (AvgIpc) is 2.40. The molecule has 0 saturated heterocycles. The van der Waals surface area contributed by atoms with Gasteiger partial charge in [-0.15, -0.1) is 0 Å². The highest BCUT2D eigenvalue weighted by atomic mass is 16.5. The highest BCUT2D eigenvalue weighted by Crippen LogP contribution is 2.35. The van der Waals surface area contributed by atoms with Crippen LogP contribution in [-0.4, -0.2) is 35.1 Å². The Morgan fingerprint density at radius 1 is 1.61 bits per heavy atom. The molecule has 1 aliphatic rings. The minimum Gasteiger partial charge on any atom is -0.465 e. The molecule has 1 aromatic rings. The zero-order chi connectivity index (χ0) is 13.2. The molecular formula is C13H15NO4. The van der Waals surface area contributed by atoms with E-state index in [0.717, 1.165) is 5.56 Å². The maximum Gasteiger partial charge on any atom is 0.322 e. The molecular weight excluding hydrogens is 234 g/mol. The van der Waals surface area contributed by atoms with Crippen molar-refractivity contribution >= 4 is 11.8 Å². The quantitative estimate of drug-likeness (QED) is 0.632. The van der Waals surface area contributed by atoms with E-state index >= 15 is 0 Å². The van der Waals surface area contributed by atoms with Gasteiger partial charge in [0, 0.05) is 6.20 Å². The SMILES string of the molecule is CCOC(=O)C1(CO)CCc2cccnc2C1=O. The molecule has 0 saturated carbocycles. The maximum atomic E-state index is 12.4. The van der Waals surface area contributed by atoms with E-state index in [4.69, 9.17) is 4.74 Å². The van der Waals surface area contributed by atoms with Gasteiger partial charge in [-0.25, -0.2) is 0 Å². The van der Waals surface area contributed by atoms with Crippen LogP contribution in [0.25, 0.3) is 0 Å². The van der Waals surface area contributed by atoms with Crippen molar-refractivity contribution < 1.29 is 19.4 Å². The number of aryl methyl sites for hydroxylation is 1. The molecule has 1 N–H and O–H groups in total. The zero-order valence-electron chi connectivity index (χ0n) is 10.2. The van der Waals surface area contributed by atoms with Gasteiger partial charge in [-0.1, -0.05) is 6.07 Å². The van der Waals surface area contributed by atoms with E-state index in [1.165, 1.54) is 6.20 Å². The molecule has 1 unspecified atom stereocenters. The first-order valence-electron chi connectivity index (χ1n) is 5.92. The van der Waals surface area contributed by atoms with Crippen molar-refractivity contribution in [3.8, 4) is 0 Å². The second-order valence-corrected chi connectivity index (χ2v) is 4.30. The van der Waals surface area contributed by atoms with Crippen molar-refractivity contribution in [2.45, 2.75) is 19.8 Å². The molecule has 96 valence electrons. The Hall–Kier alpha value is -1.75. The van der Waals surface area contributed by atoms with E-state index < -0.39 is 23.8 Å². The molecule has 18 heavy (non-hydrogen) atoms. The van der Waals surface area contributed by atoms with Crippen LogP contribution in [0.4, 0.5) is 0 Å². The van der Waals surface area contributed by atoms with Crippen molar-refractivity contribution in [1.29, 1.82) is 0 Å². The van der Waals surface area contributed by atoms with Gasteiger partial charge in [0.1, 0.15) is 5.69 Å². The zero-order valence-corrected chi connectivity index (χ0v) is 10.2. The van der Waals surface area contributed by atoms with Crippen LogP contribution in [0.5, 0.6) is 0 Å². The van der Waals surface area contributed by atoms with Crippen LogP contribution in [0.15, 0.2) is 18.3 Å². The Morgan fingerprint density at radius 2 is 2.39 bits per heavy atom. The fourth-order valence-electron chi connectivity index (χ4n) is 2.21. The van der Waals surface area contributed by atoms with Crippen LogP contribution in [0.3, 0.4) is 0 Å². The fourth-order valence-corrected chi connectivity index (χ4v) is 2.21. The molecule has 0 amide bonds. The van der Waals surface area contributed by atoms with Crippen molar-refractivity contribution in [2.75, 3.05) is 13.2 Å². The van der Waals surface area contributed by atoms with Gasteiger partial charge in [-0.2, -0.15) is 0 Å². The summed E-state index contributed by atoms with van der Waals surface area (Å²) < 4.78 is 4.91. The first kappa shape index (κ1) is 12.7. The average molecular weight is 249 g/mol. The fraction of sp³-hybridized carbons (Fsp3) is 0.462. The number of ketones is 1. The molecule has 0 bridgehead atoms. The summed E-state index contributed by atoms with van der Waals surface area (Å²) in [5.41, 5.74) is -0.390. The number of ether oxygens (including phenoxy) is 1. The number of aliphatic hydroxyl groups is 1. The highest BCUT2D eigenvalue weighted by Gasteiger charge is 2.50. The third kappa shape index (κ3) is 1.80. The summed E-state index contributed by atoms with van der Waals surface area (Å²) in [7, 11) is 0. The number of esters is 1. The molecule has 2 rings (SSSR count). The summed E-state index contributed by atoms with van der Waals surface area (Å²) in [6.07, 6.45) is 2.31. The third-order valence-corrected chi connectivity index (χ3v) is 3.30. The van der Waals surface area contributed by atoms with Crippen molar-refractivity contribution in [3.05, 3.63) is 29.6 Å². The van der Waals surface area contributed by atoms with Gasteiger partial charge in [0.15, 0.2) is 5.41 Å². The van der Waals surface area contributed by atoms with Gasteiger partial charge in [0.05, 0.1) is 13.2 Å². The molecule has 0 spiro atoms.